The Morgan fingerprint density at radius 2 is 1.93 bits per heavy atom. The number of imidazole rings is 1. The predicted octanol–water partition coefficient (Wildman–Crippen LogP) is 3.68. The highest BCUT2D eigenvalue weighted by molar-refractivity contribution is 6.30. The second-order valence-electron chi connectivity index (χ2n) is 8.63. The van der Waals surface area contributed by atoms with Crippen molar-refractivity contribution in [1.82, 2.24) is 19.9 Å². The fraction of sp³-hybridized carbons (Fsp3) is 0.650. The fourth-order valence-corrected chi connectivity index (χ4v) is 3.59. The maximum absolute atomic E-state index is 12.4. The molecule has 1 amide bonds. The number of hydrogen-bond acceptors (Lipinski definition) is 6. The average molecular weight is 424 g/mol. The molecule has 1 fully saturated rings. The van der Waals surface area contributed by atoms with E-state index >= 15 is 0 Å². The van der Waals surface area contributed by atoms with Crippen LogP contribution in [0.25, 0.3) is 11.2 Å². The van der Waals surface area contributed by atoms with Gasteiger partial charge in [0, 0.05) is 26.2 Å². The van der Waals surface area contributed by atoms with Gasteiger partial charge in [0.15, 0.2) is 5.65 Å². The summed E-state index contributed by atoms with van der Waals surface area (Å²) in [5, 5.41) is 3.38. The normalized spacial score (nSPS) is 16.3. The fourth-order valence-electron chi connectivity index (χ4n) is 3.41. The molecule has 1 saturated heterocycles. The van der Waals surface area contributed by atoms with Gasteiger partial charge in [0.1, 0.15) is 22.1 Å². The molecule has 3 heterocycles. The lowest BCUT2D eigenvalue weighted by molar-refractivity contribution is 0.0485. The summed E-state index contributed by atoms with van der Waals surface area (Å²) in [5.41, 5.74) is 1.82. The molecule has 0 radical (unpaired) electrons. The van der Waals surface area contributed by atoms with E-state index < -0.39 is 11.7 Å². The highest BCUT2D eigenvalue weighted by Crippen LogP contribution is 2.32. The summed E-state index contributed by atoms with van der Waals surface area (Å²) in [5.74, 6) is 0.811. The Balaban J connectivity index is 2.01. The van der Waals surface area contributed by atoms with Crippen molar-refractivity contribution in [1.29, 1.82) is 0 Å². The number of rotatable bonds is 4. The van der Waals surface area contributed by atoms with Crippen LogP contribution in [0, 0.1) is 5.92 Å². The summed E-state index contributed by atoms with van der Waals surface area (Å²) in [6.45, 7) is 12.4. The first-order chi connectivity index (χ1) is 13.6. The van der Waals surface area contributed by atoms with E-state index in [-0.39, 0.29) is 12.0 Å². The molecule has 1 aliphatic heterocycles. The molecule has 1 aliphatic rings. The minimum atomic E-state index is -0.573. The number of hydrogen-bond donors (Lipinski definition) is 1. The summed E-state index contributed by atoms with van der Waals surface area (Å²) >= 11 is 6.32. The Bertz CT molecular complexity index is 884. The smallest absolute Gasteiger partial charge is 0.408 e. The molecule has 3 rings (SSSR count). The SMILES string of the molecule is CC(C)[C@H](NC(=O)OC(C)(C)C)c1nc2c(N3CCOCC3)cc(Cl)nc2n1C. The van der Waals surface area contributed by atoms with Crippen LogP contribution in [0.2, 0.25) is 5.15 Å². The van der Waals surface area contributed by atoms with Gasteiger partial charge in [-0.1, -0.05) is 25.4 Å². The molecule has 29 heavy (non-hydrogen) atoms. The van der Waals surface area contributed by atoms with Crippen LogP contribution in [0.4, 0.5) is 10.5 Å². The second-order valence-corrected chi connectivity index (χ2v) is 9.02. The highest BCUT2D eigenvalue weighted by Gasteiger charge is 2.28. The maximum Gasteiger partial charge on any atom is 0.408 e. The van der Waals surface area contributed by atoms with E-state index in [2.05, 4.69) is 15.2 Å². The minimum Gasteiger partial charge on any atom is -0.444 e. The van der Waals surface area contributed by atoms with E-state index in [0.717, 1.165) is 24.3 Å². The van der Waals surface area contributed by atoms with Crippen LogP contribution in [0.5, 0.6) is 0 Å². The molecule has 2 aromatic rings. The third-order valence-corrected chi connectivity index (χ3v) is 4.97. The number of nitrogens with zero attached hydrogens (tertiary/aromatic N) is 4. The number of fused-ring (bicyclic) bond motifs is 1. The Morgan fingerprint density at radius 3 is 2.52 bits per heavy atom. The first kappa shape index (κ1) is 21.6. The number of carbonyl (C=O) groups is 1. The highest BCUT2D eigenvalue weighted by atomic mass is 35.5. The quantitative estimate of drug-likeness (QED) is 0.755. The number of nitrogens with one attached hydrogen (secondary N) is 1. The van der Waals surface area contributed by atoms with Gasteiger partial charge in [0.25, 0.3) is 0 Å². The summed E-state index contributed by atoms with van der Waals surface area (Å²) in [6, 6.07) is 1.51. The largest absolute Gasteiger partial charge is 0.444 e. The standard InChI is InChI=1S/C20H30ClN5O3/c1-12(2)15(24-19(27)29-20(3,4)5)17-23-16-13(26-7-9-28-10-8-26)11-14(21)22-18(16)25(17)6/h11-12,15H,7-10H2,1-6H3,(H,24,27)/t15-/m0/s1. The molecule has 0 aromatic carbocycles. The zero-order valence-electron chi connectivity index (χ0n) is 18.0. The number of alkyl carbamates (subject to hydrolysis) is 1. The van der Waals surface area contributed by atoms with E-state index in [1.807, 2.05) is 52.3 Å². The van der Waals surface area contributed by atoms with Crippen molar-refractivity contribution in [2.45, 2.75) is 46.3 Å². The van der Waals surface area contributed by atoms with Crippen LogP contribution in [-0.2, 0) is 16.5 Å². The molecule has 0 aliphatic carbocycles. The van der Waals surface area contributed by atoms with Crippen molar-refractivity contribution in [2.75, 3.05) is 31.2 Å². The summed E-state index contributed by atoms with van der Waals surface area (Å²) in [7, 11) is 1.89. The Morgan fingerprint density at radius 1 is 1.28 bits per heavy atom. The third kappa shape index (κ3) is 4.93. The maximum atomic E-state index is 12.4. The van der Waals surface area contributed by atoms with Crippen molar-refractivity contribution in [3.63, 3.8) is 0 Å². The molecule has 0 spiro atoms. The van der Waals surface area contributed by atoms with Crippen molar-refractivity contribution >= 4 is 34.5 Å². The number of aryl methyl sites for hydroxylation is 1. The van der Waals surface area contributed by atoms with Gasteiger partial charge in [-0.15, -0.1) is 0 Å². The molecule has 2 aromatic heterocycles. The van der Waals surface area contributed by atoms with Gasteiger partial charge in [0.2, 0.25) is 0 Å². The lowest BCUT2D eigenvalue weighted by atomic mass is 10.0. The van der Waals surface area contributed by atoms with Gasteiger partial charge in [-0.05, 0) is 26.7 Å². The van der Waals surface area contributed by atoms with Crippen LogP contribution in [-0.4, -0.2) is 52.5 Å². The van der Waals surface area contributed by atoms with Crippen LogP contribution in [0.15, 0.2) is 6.07 Å². The summed E-state index contributed by atoms with van der Waals surface area (Å²) < 4.78 is 12.8. The number of ether oxygens (including phenoxy) is 2. The van der Waals surface area contributed by atoms with Crippen molar-refractivity contribution in [3.8, 4) is 0 Å². The van der Waals surface area contributed by atoms with Gasteiger partial charge < -0.3 is 24.3 Å². The van der Waals surface area contributed by atoms with Gasteiger partial charge in [0.05, 0.1) is 24.9 Å². The summed E-state index contributed by atoms with van der Waals surface area (Å²) in [4.78, 5) is 24.0. The van der Waals surface area contributed by atoms with E-state index in [9.17, 15) is 4.79 Å². The number of pyridine rings is 1. The third-order valence-electron chi connectivity index (χ3n) is 4.78. The van der Waals surface area contributed by atoms with Gasteiger partial charge in [-0.25, -0.2) is 14.8 Å². The van der Waals surface area contributed by atoms with E-state index in [1.165, 1.54) is 0 Å². The van der Waals surface area contributed by atoms with Gasteiger partial charge >= 0.3 is 6.09 Å². The number of morpholine rings is 1. The second kappa shape index (κ2) is 8.36. The summed E-state index contributed by atoms with van der Waals surface area (Å²) in [6.07, 6.45) is -0.470. The van der Waals surface area contributed by atoms with E-state index in [0.29, 0.717) is 29.8 Å². The zero-order valence-corrected chi connectivity index (χ0v) is 18.7. The Hall–Kier alpha value is -2.06. The lowest BCUT2D eigenvalue weighted by Gasteiger charge is -2.28. The monoisotopic (exact) mass is 423 g/mol. The predicted molar refractivity (Wildman–Crippen MR) is 113 cm³/mol. The van der Waals surface area contributed by atoms with Gasteiger partial charge in [-0.3, -0.25) is 0 Å². The van der Waals surface area contributed by atoms with Gasteiger partial charge in [-0.2, -0.15) is 0 Å². The molecule has 8 nitrogen and oxygen atoms in total. The first-order valence-electron chi connectivity index (χ1n) is 9.92. The average Bonchev–Trinajstić information content (AvgIpc) is 2.94. The minimum absolute atomic E-state index is 0.0975. The lowest BCUT2D eigenvalue weighted by Crippen LogP contribution is -2.37. The Kier molecular flexibility index (Phi) is 6.24. The molecule has 0 unspecified atom stereocenters. The zero-order chi connectivity index (χ0) is 21.3. The molecule has 1 atom stereocenters. The molecular weight excluding hydrogens is 394 g/mol. The van der Waals surface area contributed by atoms with E-state index in [1.54, 1.807) is 0 Å². The van der Waals surface area contributed by atoms with Crippen molar-refractivity contribution < 1.29 is 14.3 Å². The number of amides is 1. The van der Waals surface area contributed by atoms with Crippen LogP contribution in [0.1, 0.15) is 46.5 Å². The number of carbonyl (C=O) groups excluding carboxylic acids is 1. The molecule has 0 bridgehead atoms. The topological polar surface area (TPSA) is 81.5 Å². The molecular formula is C20H30ClN5O3. The van der Waals surface area contributed by atoms with Crippen LogP contribution in [0.3, 0.4) is 0 Å². The molecule has 160 valence electrons. The van der Waals surface area contributed by atoms with Crippen molar-refractivity contribution in [2.24, 2.45) is 13.0 Å². The van der Waals surface area contributed by atoms with Crippen LogP contribution >= 0.6 is 11.6 Å². The van der Waals surface area contributed by atoms with Crippen molar-refractivity contribution in [3.05, 3.63) is 17.0 Å². The number of aromatic nitrogens is 3. The molecule has 1 N–H and O–H groups in total. The van der Waals surface area contributed by atoms with Crippen LogP contribution < -0.4 is 10.2 Å². The van der Waals surface area contributed by atoms with E-state index in [4.69, 9.17) is 26.1 Å². The Labute approximate surface area is 176 Å². The molecule has 9 heteroatoms. The number of halogens is 1. The first-order valence-corrected chi connectivity index (χ1v) is 10.3. The number of anilines is 1. The molecule has 0 saturated carbocycles.